The van der Waals surface area contributed by atoms with Crippen molar-refractivity contribution in [3.63, 3.8) is 0 Å². The van der Waals surface area contributed by atoms with Crippen molar-refractivity contribution >= 4 is 15.4 Å². The molecule has 0 fully saturated rings. The Morgan fingerprint density at radius 2 is 2.00 bits per heavy atom. The molecule has 0 unspecified atom stereocenters. The number of fused-ring (bicyclic) bond motifs is 1. The average Bonchev–Trinajstić information content (AvgIpc) is 2.24. The van der Waals surface area contributed by atoms with E-state index in [1.54, 1.807) is 13.0 Å². The highest BCUT2D eigenvalue weighted by Gasteiger charge is 2.27. The first-order valence-corrected chi connectivity index (χ1v) is 5.29. The van der Waals surface area contributed by atoms with Crippen LogP contribution in [0, 0.1) is 5.82 Å². The molecule has 1 aromatic rings. The van der Waals surface area contributed by atoms with Crippen LogP contribution in [-0.4, -0.2) is 8.42 Å². The smallest absolute Gasteiger partial charge is 0.203 e. The van der Waals surface area contributed by atoms with Crippen LogP contribution in [0.3, 0.4) is 0 Å². The minimum atomic E-state index is -3.52. The minimum Gasteiger partial charge on any atom is -0.219 e. The van der Waals surface area contributed by atoms with Crippen LogP contribution in [0.2, 0.25) is 0 Å². The fraction of sp³-hybridized carbons (Fsp3) is 0.111. The topological polar surface area (TPSA) is 34.1 Å². The van der Waals surface area contributed by atoms with Gasteiger partial charge in [0.1, 0.15) is 10.7 Å². The van der Waals surface area contributed by atoms with E-state index in [4.69, 9.17) is 0 Å². The van der Waals surface area contributed by atoms with E-state index in [0.29, 0.717) is 11.1 Å². The summed E-state index contributed by atoms with van der Waals surface area (Å²) in [5, 5.41) is 1.10. The molecule has 0 spiro atoms. The van der Waals surface area contributed by atoms with Gasteiger partial charge in [-0.2, -0.15) is 0 Å². The lowest BCUT2D eigenvalue weighted by atomic mass is 10.1. The van der Waals surface area contributed by atoms with Crippen LogP contribution in [0.15, 0.2) is 28.5 Å². The molecular formula is C9H7FO2S. The molecule has 2 rings (SSSR count). The van der Waals surface area contributed by atoms with Gasteiger partial charge in [-0.25, -0.2) is 12.8 Å². The zero-order valence-corrected chi connectivity index (χ0v) is 7.73. The van der Waals surface area contributed by atoms with E-state index < -0.39 is 15.7 Å². The maximum Gasteiger partial charge on any atom is 0.203 e. The summed E-state index contributed by atoms with van der Waals surface area (Å²) in [7, 11) is -3.52. The van der Waals surface area contributed by atoms with Gasteiger partial charge in [0.2, 0.25) is 9.84 Å². The summed E-state index contributed by atoms with van der Waals surface area (Å²) in [6, 6.07) is 4.27. The van der Waals surface area contributed by atoms with Crippen molar-refractivity contribution in [2.45, 2.75) is 11.8 Å². The first kappa shape index (κ1) is 8.44. The first-order chi connectivity index (χ1) is 6.02. The molecule has 0 saturated carbocycles. The number of allylic oxidation sites excluding steroid dienone is 1. The van der Waals surface area contributed by atoms with Crippen LogP contribution in [0.4, 0.5) is 4.39 Å². The summed E-state index contributed by atoms with van der Waals surface area (Å²) in [6.07, 6.45) is 0. The van der Waals surface area contributed by atoms with Gasteiger partial charge in [-0.1, -0.05) is 12.1 Å². The lowest BCUT2D eigenvalue weighted by molar-refractivity contribution is 0.573. The maximum atomic E-state index is 13.1. The normalized spacial score (nSPS) is 18.2. The number of hydrogen-bond acceptors (Lipinski definition) is 2. The molecule has 0 radical (unpaired) electrons. The molecule has 0 aliphatic carbocycles. The Kier molecular flexibility index (Phi) is 1.57. The Labute approximate surface area is 75.6 Å². The molecular weight excluding hydrogens is 191 g/mol. The van der Waals surface area contributed by atoms with Gasteiger partial charge in [0.25, 0.3) is 0 Å². The zero-order chi connectivity index (χ0) is 9.64. The van der Waals surface area contributed by atoms with Gasteiger partial charge < -0.3 is 0 Å². The summed E-state index contributed by atoms with van der Waals surface area (Å²) >= 11 is 0. The highest BCUT2D eigenvalue weighted by atomic mass is 32.2. The molecule has 0 bridgehead atoms. The van der Waals surface area contributed by atoms with Crippen LogP contribution in [0.1, 0.15) is 12.5 Å². The summed E-state index contributed by atoms with van der Waals surface area (Å²) in [5.41, 5.74) is 1.06. The first-order valence-electron chi connectivity index (χ1n) is 3.74. The largest absolute Gasteiger partial charge is 0.219 e. The fourth-order valence-corrected chi connectivity index (χ4v) is 3.05. The van der Waals surface area contributed by atoms with E-state index in [1.165, 1.54) is 6.07 Å². The SMILES string of the molecule is CC1=CS(=O)(=O)c2c(F)cccc21. The lowest BCUT2D eigenvalue weighted by Crippen LogP contribution is -1.97. The van der Waals surface area contributed by atoms with Crippen LogP contribution in [-0.2, 0) is 9.84 Å². The molecule has 0 saturated heterocycles. The third-order valence-electron chi connectivity index (χ3n) is 2.01. The van der Waals surface area contributed by atoms with E-state index in [9.17, 15) is 12.8 Å². The van der Waals surface area contributed by atoms with E-state index in [0.717, 1.165) is 11.5 Å². The zero-order valence-electron chi connectivity index (χ0n) is 6.91. The van der Waals surface area contributed by atoms with Crippen LogP contribution >= 0.6 is 0 Å². The third kappa shape index (κ3) is 1.09. The number of halogens is 1. The number of sulfone groups is 1. The lowest BCUT2D eigenvalue weighted by Gasteiger charge is -1.99. The van der Waals surface area contributed by atoms with Crippen LogP contribution in [0.5, 0.6) is 0 Å². The van der Waals surface area contributed by atoms with Crippen molar-refractivity contribution < 1.29 is 12.8 Å². The predicted molar refractivity (Wildman–Crippen MR) is 47.2 cm³/mol. The van der Waals surface area contributed by atoms with Gasteiger partial charge in [0.15, 0.2) is 0 Å². The van der Waals surface area contributed by atoms with Crippen molar-refractivity contribution in [1.82, 2.24) is 0 Å². The van der Waals surface area contributed by atoms with Gasteiger partial charge >= 0.3 is 0 Å². The number of benzene rings is 1. The summed E-state index contributed by atoms with van der Waals surface area (Å²) < 4.78 is 35.9. The molecule has 13 heavy (non-hydrogen) atoms. The van der Waals surface area contributed by atoms with E-state index >= 15 is 0 Å². The highest BCUT2D eigenvalue weighted by molar-refractivity contribution is 7.95. The van der Waals surface area contributed by atoms with Crippen molar-refractivity contribution in [2.24, 2.45) is 0 Å². The molecule has 1 aromatic carbocycles. The molecule has 2 nitrogen and oxygen atoms in total. The molecule has 68 valence electrons. The molecule has 1 aliphatic heterocycles. The molecule has 1 heterocycles. The van der Waals surface area contributed by atoms with Crippen molar-refractivity contribution in [2.75, 3.05) is 0 Å². The summed E-state index contributed by atoms with van der Waals surface area (Å²) in [6.45, 7) is 1.66. The summed E-state index contributed by atoms with van der Waals surface area (Å²) in [4.78, 5) is -0.187. The molecule has 1 aliphatic rings. The Morgan fingerprint density at radius 3 is 2.62 bits per heavy atom. The van der Waals surface area contributed by atoms with Crippen molar-refractivity contribution in [3.05, 3.63) is 35.0 Å². The molecule has 0 atom stereocenters. The Balaban J connectivity index is 2.90. The van der Waals surface area contributed by atoms with Crippen LogP contribution < -0.4 is 0 Å². The molecule has 0 aromatic heterocycles. The number of rotatable bonds is 0. The second kappa shape index (κ2) is 2.42. The second-order valence-corrected chi connectivity index (χ2v) is 4.70. The fourth-order valence-electron chi connectivity index (χ4n) is 1.46. The average molecular weight is 198 g/mol. The monoisotopic (exact) mass is 198 g/mol. The Morgan fingerprint density at radius 1 is 1.31 bits per heavy atom. The molecule has 0 N–H and O–H groups in total. The standard InChI is InChI=1S/C9H7FO2S/c1-6-5-13(11,12)9-7(6)3-2-4-8(9)10/h2-5H,1H3. The summed E-state index contributed by atoms with van der Waals surface area (Å²) in [5.74, 6) is -0.675. The predicted octanol–water partition coefficient (Wildman–Crippen LogP) is 1.97. The maximum absolute atomic E-state index is 13.1. The van der Waals surface area contributed by atoms with Gasteiger partial charge in [-0.05, 0) is 18.6 Å². The quantitative estimate of drug-likeness (QED) is 0.638. The van der Waals surface area contributed by atoms with E-state index in [2.05, 4.69) is 0 Å². The van der Waals surface area contributed by atoms with Crippen molar-refractivity contribution in [1.29, 1.82) is 0 Å². The molecule has 0 amide bonds. The van der Waals surface area contributed by atoms with Gasteiger partial charge in [-0.15, -0.1) is 0 Å². The van der Waals surface area contributed by atoms with E-state index in [1.807, 2.05) is 0 Å². The Bertz CT molecular complexity index is 500. The minimum absolute atomic E-state index is 0.187. The van der Waals surface area contributed by atoms with E-state index in [-0.39, 0.29) is 4.90 Å². The van der Waals surface area contributed by atoms with Crippen molar-refractivity contribution in [3.8, 4) is 0 Å². The second-order valence-electron chi connectivity index (χ2n) is 2.96. The number of hydrogen-bond donors (Lipinski definition) is 0. The van der Waals surface area contributed by atoms with Gasteiger partial charge in [0.05, 0.1) is 0 Å². The van der Waals surface area contributed by atoms with Crippen LogP contribution in [0.25, 0.3) is 5.57 Å². The third-order valence-corrected chi connectivity index (χ3v) is 3.66. The Hall–Kier alpha value is -1.16. The van der Waals surface area contributed by atoms with Gasteiger partial charge in [0, 0.05) is 11.0 Å². The van der Waals surface area contributed by atoms with Gasteiger partial charge in [-0.3, -0.25) is 0 Å². The molecule has 4 heteroatoms. The highest BCUT2D eigenvalue weighted by Crippen LogP contribution is 2.34.